The highest BCUT2D eigenvalue weighted by Gasteiger charge is 2.40. The summed E-state index contributed by atoms with van der Waals surface area (Å²) >= 11 is 12.1. The fraction of sp³-hybridized carbons (Fsp3) is 0.333. The molecule has 4 nitrogen and oxygen atoms in total. The third-order valence-electron chi connectivity index (χ3n) is 2.74. The number of rotatable bonds is 1. The first-order valence-corrected chi connectivity index (χ1v) is 6.15. The molecule has 0 radical (unpaired) electrons. The second-order valence-corrected chi connectivity index (χ2v) is 5.45. The molecule has 0 saturated carbocycles. The summed E-state index contributed by atoms with van der Waals surface area (Å²) in [5, 5.41) is 3.32. The zero-order chi connectivity index (χ0) is 13.5. The monoisotopic (exact) mass is 286 g/mol. The quantitative estimate of drug-likeness (QED) is 0.861. The summed E-state index contributed by atoms with van der Waals surface area (Å²) in [6.07, 6.45) is 0. The maximum absolute atomic E-state index is 12.3. The van der Waals surface area contributed by atoms with Crippen molar-refractivity contribution in [3.63, 3.8) is 0 Å². The number of benzene rings is 1. The number of anilines is 1. The van der Waals surface area contributed by atoms with Crippen molar-refractivity contribution in [2.24, 2.45) is 0 Å². The molecule has 96 valence electrons. The molecule has 1 aliphatic rings. The van der Waals surface area contributed by atoms with Crippen molar-refractivity contribution >= 4 is 40.7 Å². The van der Waals surface area contributed by atoms with Crippen LogP contribution in [-0.4, -0.2) is 23.9 Å². The zero-order valence-electron chi connectivity index (χ0n) is 9.96. The van der Waals surface area contributed by atoms with E-state index in [2.05, 4.69) is 5.32 Å². The molecule has 0 bridgehead atoms. The van der Waals surface area contributed by atoms with Crippen molar-refractivity contribution < 1.29 is 9.59 Å². The van der Waals surface area contributed by atoms with Gasteiger partial charge < -0.3 is 5.32 Å². The van der Waals surface area contributed by atoms with Crippen LogP contribution < -0.4 is 10.2 Å². The third-order valence-corrected chi connectivity index (χ3v) is 3.35. The number of para-hydroxylation sites is 1. The zero-order valence-corrected chi connectivity index (χ0v) is 11.5. The van der Waals surface area contributed by atoms with Gasteiger partial charge in [-0.3, -0.25) is 14.5 Å². The summed E-state index contributed by atoms with van der Waals surface area (Å²) in [7, 11) is 0. The second-order valence-electron chi connectivity index (χ2n) is 4.63. The molecule has 2 amide bonds. The van der Waals surface area contributed by atoms with Gasteiger partial charge in [0.15, 0.2) is 0 Å². The predicted molar refractivity (Wildman–Crippen MR) is 71.0 cm³/mol. The van der Waals surface area contributed by atoms with Gasteiger partial charge in [-0.15, -0.1) is 0 Å². The molecular weight excluding hydrogens is 275 g/mol. The molecule has 1 aromatic carbocycles. The van der Waals surface area contributed by atoms with E-state index in [9.17, 15) is 9.59 Å². The van der Waals surface area contributed by atoms with Gasteiger partial charge in [0, 0.05) is 0 Å². The molecule has 0 aliphatic carbocycles. The average Bonchev–Trinajstić information content (AvgIpc) is 2.24. The third kappa shape index (κ3) is 2.18. The number of amides is 2. The van der Waals surface area contributed by atoms with Crippen molar-refractivity contribution in [1.82, 2.24) is 5.32 Å². The second kappa shape index (κ2) is 4.44. The molecule has 18 heavy (non-hydrogen) atoms. The molecule has 1 saturated heterocycles. The lowest BCUT2D eigenvalue weighted by molar-refractivity contribution is -0.134. The van der Waals surface area contributed by atoms with Gasteiger partial charge in [0.2, 0.25) is 5.91 Å². The van der Waals surface area contributed by atoms with Crippen molar-refractivity contribution in [2.75, 3.05) is 11.4 Å². The fourth-order valence-corrected chi connectivity index (χ4v) is 2.52. The Morgan fingerprint density at radius 2 is 1.78 bits per heavy atom. The Balaban J connectivity index is 2.50. The molecule has 1 N–H and O–H groups in total. The van der Waals surface area contributed by atoms with Crippen molar-refractivity contribution in [3.8, 4) is 0 Å². The number of hydrogen-bond acceptors (Lipinski definition) is 2. The molecule has 1 aromatic rings. The Hall–Kier alpha value is -1.26. The minimum absolute atomic E-state index is 0.0777. The highest BCUT2D eigenvalue weighted by molar-refractivity contribution is 6.40. The summed E-state index contributed by atoms with van der Waals surface area (Å²) in [5.74, 6) is -0.479. The smallest absolute Gasteiger partial charge is 0.252 e. The standard InChI is InChI=1S/C12H12Cl2N2O2/c1-12(2)11(18)16(6-9(17)15-12)10-7(13)4-3-5-8(10)14/h3-5H,6H2,1-2H3,(H,15,17). The normalized spacial score (nSPS) is 18.8. The lowest BCUT2D eigenvalue weighted by Crippen LogP contribution is -2.64. The van der Waals surface area contributed by atoms with E-state index in [1.165, 1.54) is 4.90 Å². The van der Waals surface area contributed by atoms with E-state index < -0.39 is 5.54 Å². The summed E-state index contributed by atoms with van der Waals surface area (Å²) in [4.78, 5) is 25.3. The van der Waals surface area contributed by atoms with Gasteiger partial charge in [-0.2, -0.15) is 0 Å². The molecule has 2 rings (SSSR count). The van der Waals surface area contributed by atoms with Crippen LogP contribution in [0, 0.1) is 0 Å². The summed E-state index contributed by atoms with van der Waals surface area (Å²) in [5.41, 5.74) is -0.577. The maximum Gasteiger partial charge on any atom is 0.252 e. The van der Waals surface area contributed by atoms with E-state index in [1.807, 2.05) is 0 Å². The molecule has 1 fully saturated rings. The number of carbonyl (C=O) groups excluding carboxylic acids is 2. The highest BCUT2D eigenvalue weighted by Crippen LogP contribution is 2.35. The minimum Gasteiger partial charge on any atom is -0.341 e. The Morgan fingerprint density at radius 1 is 1.22 bits per heavy atom. The van der Waals surface area contributed by atoms with E-state index in [0.717, 1.165) is 0 Å². The Bertz CT molecular complexity index is 509. The molecule has 1 heterocycles. The predicted octanol–water partition coefficient (Wildman–Crippen LogP) is 2.23. The Kier molecular flexibility index (Phi) is 3.25. The first kappa shape index (κ1) is 13.2. The van der Waals surface area contributed by atoms with Gasteiger partial charge >= 0.3 is 0 Å². The van der Waals surface area contributed by atoms with Crippen molar-refractivity contribution in [1.29, 1.82) is 0 Å². The number of hydrogen-bond donors (Lipinski definition) is 1. The number of halogens is 2. The molecule has 0 aromatic heterocycles. The maximum atomic E-state index is 12.3. The number of carbonyl (C=O) groups is 2. The summed E-state index contributed by atoms with van der Waals surface area (Å²) in [6, 6.07) is 4.96. The van der Waals surface area contributed by atoms with Crippen LogP contribution in [0.1, 0.15) is 13.8 Å². The van der Waals surface area contributed by atoms with Crippen molar-refractivity contribution in [2.45, 2.75) is 19.4 Å². The van der Waals surface area contributed by atoms with E-state index in [1.54, 1.807) is 32.0 Å². The molecule has 1 aliphatic heterocycles. The SMILES string of the molecule is CC1(C)NC(=O)CN(c2c(Cl)cccc2Cl)C1=O. The average molecular weight is 287 g/mol. The van der Waals surface area contributed by atoms with Crippen LogP contribution in [0.25, 0.3) is 0 Å². The lowest BCUT2D eigenvalue weighted by atomic mass is 10.00. The molecule has 0 unspecified atom stereocenters. The first-order valence-electron chi connectivity index (χ1n) is 5.40. The van der Waals surface area contributed by atoms with Crippen LogP contribution >= 0.6 is 23.2 Å². The Morgan fingerprint density at radius 3 is 2.33 bits per heavy atom. The van der Waals surface area contributed by atoms with Crippen LogP contribution in [0.2, 0.25) is 10.0 Å². The van der Waals surface area contributed by atoms with Gasteiger partial charge in [-0.1, -0.05) is 29.3 Å². The fourth-order valence-electron chi connectivity index (χ4n) is 1.92. The largest absolute Gasteiger partial charge is 0.341 e. The molecule has 0 atom stereocenters. The van der Waals surface area contributed by atoms with Crippen LogP contribution in [0.15, 0.2) is 18.2 Å². The van der Waals surface area contributed by atoms with Crippen LogP contribution in [0.3, 0.4) is 0 Å². The Labute approximate surface area is 115 Å². The van der Waals surface area contributed by atoms with E-state index in [4.69, 9.17) is 23.2 Å². The van der Waals surface area contributed by atoms with Gasteiger partial charge in [0.05, 0.1) is 15.7 Å². The summed E-state index contributed by atoms with van der Waals surface area (Å²) in [6.45, 7) is 3.21. The van der Waals surface area contributed by atoms with Crippen LogP contribution in [0.4, 0.5) is 5.69 Å². The van der Waals surface area contributed by atoms with E-state index in [-0.39, 0.29) is 18.4 Å². The number of piperazine rings is 1. The molecule has 0 spiro atoms. The van der Waals surface area contributed by atoms with E-state index in [0.29, 0.717) is 15.7 Å². The number of nitrogens with zero attached hydrogens (tertiary/aromatic N) is 1. The van der Waals surface area contributed by atoms with Gasteiger partial charge in [0.1, 0.15) is 12.1 Å². The lowest BCUT2D eigenvalue weighted by Gasteiger charge is -2.38. The first-order chi connectivity index (χ1) is 8.33. The topological polar surface area (TPSA) is 49.4 Å². The van der Waals surface area contributed by atoms with E-state index >= 15 is 0 Å². The molecule has 6 heteroatoms. The van der Waals surface area contributed by atoms with Crippen LogP contribution in [-0.2, 0) is 9.59 Å². The van der Waals surface area contributed by atoms with Gasteiger partial charge in [-0.05, 0) is 26.0 Å². The van der Waals surface area contributed by atoms with Gasteiger partial charge in [0.25, 0.3) is 5.91 Å². The molecular formula is C12H12Cl2N2O2. The van der Waals surface area contributed by atoms with Crippen LogP contribution in [0.5, 0.6) is 0 Å². The van der Waals surface area contributed by atoms with Crippen molar-refractivity contribution in [3.05, 3.63) is 28.2 Å². The minimum atomic E-state index is -0.960. The summed E-state index contributed by atoms with van der Waals surface area (Å²) < 4.78 is 0. The van der Waals surface area contributed by atoms with Gasteiger partial charge in [-0.25, -0.2) is 0 Å². The number of nitrogens with one attached hydrogen (secondary N) is 1. The highest BCUT2D eigenvalue weighted by atomic mass is 35.5.